The Hall–Kier alpha value is -2.83. The quantitative estimate of drug-likeness (QED) is 0.181. The van der Waals surface area contributed by atoms with Crippen LogP contribution in [0.5, 0.6) is 0 Å². The van der Waals surface area contributed by atoms with E-state index in [1.807, 2.05) is 58.4 Å². The van der Waals surface area contributed by atoms with Crippen molar-refractivity contribution < 1.29 is 9.48 Å². The monoisotopic (exact) mass is 638 g/mol. The maximum absolute atomic E-state index is 4.52. The first-order valence-electron chi connectivity index (χ1n) is 16.4. The lowest BCUT2D eigenvalue weighted by Gasteiger charge is -2.31. The first-order valence-corrected chi connectivity index (χ1v) is 16.4. The summed E-state index contributed by atoms with van der Waals surface area (Å²) in [7, 11) is 7.67. The van der Waals surface area contributed by atoms with Gasteiger partial charge < -0.3 is 0 Å². The summed E-state index contributed by atoms with van der Waals surface area (Å²) in [5.74, 6) is 0.801. The van der Waals surface area contributed by atoms with Gasteiger partial charge in [0.1, 0.15) is 14.1 Å². The SMILES string of the molecule is C.C.CC.CC1(C)C(C)(C)C1(C)C.CC1(C)C2(C)C(C)(C)C12C.Cc1nn(C)[n+](C)n1.Cn1nc2c3ccccc3ccc2[n+]1C. The highest BCUT2D eigenvalue weighted by Gasteiger charge is 3.00. The molecule has 0 unspecified atom stereocenters. The zero-order valence-corrected chi connectivity index (χ0v) is 31.6. The maximum Gasteiger partial charge on any atom is 0.305 e. The summed E-state index contributed by atoms with van der Waals surface area (Å²) in [6.07, 6.45) is 0. The summed E-state index contributed by atoms with van der Waals surface area (Å²) in [6, 6.07) is 12.6. The zero-order valence-electron chi connectivity index (χ0n) is 31.6. The van der Waals surface area contributed by atoms with Gasteiger partial charge in [-0.2, -0.15) is 4.68 Å². The van der Waals surface area contributed by atoms with Crippen LogP contribution < -0.4 is 9.48 Å². The number of benzene rings is 2. The van der Waals surface area contributed by atoms with Gasteiger partial charge in [-0.1, -0.05) is 135 Å². The minimum absolute atomic E-state index is 0. The third-order valence-corrected chi connectivity index (χ3v) is 14.4. The molecule has 3 aliphatic rings. The van der Waals surface area contributed by atoms with E-state index < -0.39 is 0 Å². The lowest BCUT2D eigenvalue weighted by atomic mass is 9.73. The molecule has 2 aromatic heterocycles. The van der Waals surface area contributed by atoms with Gasteiger partial charge in [-0.25, -0.2) is 0 Å². The van der Waals surface area contributed by atoms with Gasteiger partial charge in [0.25, 0.3) is 5.52 Å². The molecular weight excluding hydrogens is 566 g/mol. The Labute approximate surface area is 282 Å². The van der Waals surface area contributed by atoms with Gasteiger partial charge in [-0.05, 0) is 76.2 Å². The fourth-order valence-corrected chi connectivity index (χ4v) is 8.61. The van der Waals surface area contributed by atoms with Gasteiger partial charge in [0.2, 0.25) is 5.52 Å². The summed E-state index contributed by atoms with van der Waals surface area (Å²) < 4.78 is 2.04. The molecule has 7 nitrogen and oxygen atoms in total. The third-order valence-electron chi connectivity index (χ3n) is 14.4. The molecule has 2 heterocycles. The highest BCUT2D eigenvalue weighted by Crippen LogP contribution is 3.05. The summed E-state index contributed by atoms with van der Waals surface area (Å²) in [5.41, 5.74) is 6.38. The number of nitrogens with zero attached hydrogens (tertiary/aromatic N) is 7. The van der Waals surface area contributed by atoms with Gasteiger partial charge in [0.15, 0.2) is 0 Å². The van der Waals surface area contributed by atoms with Crippen molar-refractivity contribution in [2.24, 2.45) is 66.1 Å². The van der Waals surface area contributed by atoms with E-state index >= 15 is 0 Å². The Morgan fingerprint density at radius 3 is 1.33 bits per heavy atom. The van der Waals surface area contributed by atoms with Gasteiger partial charge in [-0.15, -0.1) is 0 Å². The topological polar surface area (TPSA) is 56.3 Å². The summed E-state index contributed by atoms with van der Waals surface area (Å²) in [6.45, 7) is 34.5. The number of aromatic nitrogens is 7. The molecule has 0 radical (unpaired) electrons. The molecule has 0 saturated heterocycles. The van der Waals surface area contributed by atoms with Crippen LogP contribution in [0.1, 0.15) is 118 Å². The second-order valence-electron chi connectivity index (χ2n) is 15.9. The molecule has 3 aliphatic carbocycles. The van der Waals surface area contributed by atoms with Crippen molar-refractivity contribution in [3.05, 3.63) is 42.2 Å². The van der Waals surface area contributed by atoms with E-state index in [0.29, 0.717) is 37.9 Å². The first kappa shape index (κ1) is 41.2. The average Bonchev–Trinajstić information content (AvgIpc) is 3.41. The highest BCUT2D eigenvalue weighted by molar-refractivity contribution is 6.02. The van der Waals surface area contributed by atoms with Gasteiger partial charge in [0.05, 0.1) is 19.2 Å². The van der Waals surface area contributed by atoms with Crippen LogP contribution in [0, 0.1) is 44.8 Å². The summed E-state index contributed by atoms with van der Waals surface area (Å²) >= 11 is 0. The molecule has 260 valence electrons. The number of fused-ring (bicyclic) bond motifs is 4. The highest BCUT2D eigenvalue weighted by atomic mass is 15.6. The first-order chi connectivity index (χ1) is 20.0. The predicted molar refractivity (Wildman–Crippen MR) is 196 cm³/mol. The molecule has 0 amide bonds. The van der Waals surface area contributed by atoms with Crippen LogP contribution >= 0.6 is 0 Å². The van der Waals surface area contributed by atoms with E-state index in [2.05, 4.69) is 135 Å². The molecule has 4 aromatic rings. The average molecular weight is 638 g/mol. The molecule has 0 bridgehead atoms. The smallest absolute Gasteiger partial charge is 0.156 e. The lowest BCUT2D eigenvalue weighted by molar-refractivity contribution is -0.807. The van der Waals surface area contributed by atoms with Crippen LogP contribution in [0.4, 0.5) is 0 Å². The number of rotatable bonds is 0. The molecule has 3 saturated carbocycles. The third kappa shape index (κ3) is 5.38. The fraction of sp³-hybridized carbons (Fsp3) is 0.718. The second-order valence-corrected chi connectivity index (χ2v) is 15.9. The van der Waals surface area contributed by atoms with E-state index in [4.69, 9.17) is 0 Å². The minimum Gasteiger partial charge on any atom is -0.156 e. The number of hydrogen-bond acceptors (Lipinski definition) is 3. The molecular formula is C39H71N7+2. The van der Waals surface area contributed by atoms with Crippen LogP contribution in [-0.2, 0) is 28.2 Å². The minimum atomic E-state index is 0. The second kappa shape index (κ2) is 12.6. The van der Waals surface area contributed by atoms with Gasteiger partial charge in [-0.3, -0.25) is 0 Å². The van der Waals surface area contributed by atoms with E-state index in [9.17, 15) is 0 Å². The molecule has 3 fully saturated rings. The predicted octanol–water partition coefficient (Wildman–Crippen LogP) is 8.95. The fourth-order valence-electron chi connectivity index (χ4n) is 8.61. The van der Waals surface area contributed by atoms with E-state index in [1.165, 1.54) is 10.8 Å². The molecule has 7 heteroatoms. The van der Waals surface area contributed by atoms with Crippen molar-refractivity contribution in [2.75, 3.05) is 0 Å². The molecule has 0 spiro atoms. The lowest BCUT2D eigenvalue weighted by Crippen LogP contribution is -2.40. The van der Waals surface area contributed by atoms with E-state index in [1.54, 1.807) is 9.59 Å². The van der Waals surface area contributed by atoms with E-state index in [-0.39, 0.29) is 14.9 Å². The Kier molecular flexibility index (Phi) is 11.3. The molecule has 0 atom stereocenters. The van der Waals surface area contributed by atoms with Crippen molar-refractivity contribution in [3.8, 4) is 0 Å². The van der Waals surface area contributed by atoms with Crippen LogP contribution in [0.25, 0.3) is 21.8 Å². The summed E-state index contributed by atoms with van der Waals surface area (Å²) in [5, 5.41) is 14.9. The van der Waals surface area contributed by atoms with Crippen molar-refractivity contribution in [2.45, 2.75) is 119 Å². The zero-order chi connectivity index (χ0) is 34.1. The van der Waals surface area contributed by atoms with E-state index in [0.717, 1.165) is 16.9 Å². The Morgan fingerprint density at radius 2 is 1.02 bits per heavy atom. The van der Waals surface area contributed by atoms with Crippen LogP contribution in [-0.4, -0.2) is 24.9 Å². The Morgan fingerprint density at radius 1 is 0.587 bits per heavy atom. The number of hydrogen-bond donors (Lipinski definition) is 0. The summed E-state index contributed by atoms with van der Waals surface area (Å²) in [4.78, 5) is 5.21. The van der Waals surface area contributed by atoms with Gasteiger partial charge >= 0.3 is 5.82 Å². The van der Waals surface area contributed by atoms with Crippen molar-refractivity contribution >= 4 is 21.8 Å². The Balaban J connectivity index is 0.000000306. The van der Waals surface area contributed by atoms with Crippen molar-refractivity contribution in [3.63, 3.8) is 0 Å². The largest absolute Gasteiger partial charge is 0.305 e. The molecule has 46 heavy (non-hydrogen) atoms. The normalized spacial score (nSPS) is 25.1. The van der Waals surface area contributed by atoms with Crippen LogP contribution in [0.3, 0.4) is 0 Å². The number of tetrazole rings is 1. The number of aryl methyl sites for hydroxylation is 5. The van der Waals surface area contributed by atoms with Gasteiger partial charge in [0, 0.05) is 17.4 Å². The molecule has 0 N–H and O–H groups in total. The van der Waals surface area contributed by atoms with Crippen molar-refractivity contribution in [1.29, 1.82) is 0 Å². The molecule has 7 rings (SSSR count). The van der Waals surface area contributed by atoms with Crippen LogP contribution in [0.2, 0.25) is 0 Å². The van der Waals surface area contributed by atoms with Crippen molar-refractivity contribution in [1.82, 2.24) is 24.9 Å². The standard InChI is InChI=1S/C12H12N3.C10H18.C9H18.C4H9N4.C2H6.2CH4/c1-14-11-8-7-9-5-3-4-6-10(9)12(11)13-15(14)2;1-7(2)9(5)8(3,4)10(7,9)6;1-7(2)8(3,4)9(7,5)6;1-4-5-7(2)8(3)6-4;1-2;;/h3-8H,1-2H3;1-6H3;1-6H3;1-3H3;1-2H3;2*1H4/q+1;;;+1;;;. The Bertz CT molecular complexity index is 1550. The van der Waals surface area contributed by atoms with Crippen LogP contribution in [0.15, 0.2) is 36.4 Å². The molecule has 2 aromatic carbocycles. The maximum atomic E-state index is 4.52. The molecule has 0 aliphatic heterocycles.